The minimum absolute atomic E-state index is 0.0331. The molecule has 1 aromatic heterocycles. The Morgan fingerprint density at radius 1 is 1.19 bits per heavy atom. The van der Waals surface area contributed by atoms with E-state index in [0.29, 0.717) is 11.9 Å². The fraction of sp³-hybridized carbons (Fsp3) is 0.500. The topological polar surface area (TPSA) is 70.1 Å². The molecule has 0 unspecified atom stereocenters. The lowest BCUT2D eigenvalue weighted by Gasteiger charge is -2.29. The van der Waals surface area contributed by atoms with Gasteiger partial charge in [-0.05, 0) is 56.7 Å². The van der Waals surface area contributed by atoms with Crippen LogP contribution in [0.4, 0.5) is 24.9 Å². The Morgan fingerprint density at radius 2 is 1.90 bits per heavy atom. The number of carbonyl (C=O) groups is 1. The molecule has 9 heteroatoms. The summed E-state index contributed by atoms with van der Waals surface area (Å²) in [4.78, 5) is 23.2. The first-order chi connectivity index (χ1) is 14.6. The highest BCUT2D eigenvalue weighted by Crippen LogP contribution is 2.30. The van der Waals surface area contributed by atoms with E-state index in [2.05, 4.69) is 20.6 Å². The number of halogens is 3. The van der Waals surface area contributed by atoms with E-state index in [0.717, 1.165) is 55.7 Å². The number of rotatable bonds is 6. The number of aryl methyl sites for hydroxylation is 1. The SMILES string of the molecule is Cc1cnc(NCC2CCC(NC(=O)c3cccc(C(F)(F)F)c3)CC2)nc1N(C)C. The van der Waals surface area contributed by atoms with Gasteiger partial charge in [0.05, 0.1) is 5.56 Å². The maximum absolute atomic E-state index is 12.9. The molecule has 1 saturated carbocycles. The molecule has 1 heterocycles. The van der Waals surface area contributed by atoms with Crippen LogP contribution in [0, 0.1) is 12.8 Å². The van der Waals surface area contributed by atoms with Gasteiger partial charge in [0.1, 0.15) is 5.82 Å². The second kappa shape index (κ2) is 9.53. The summed E-state index contributed by atoms with van der Waals surface area (Å²) in [5, 5.41) is 6.17. The van der Waals surface area contributed by atoms with E-state index in [1.165, 1.54) is 12.1 Å². The van der Waals surface area contributed by atoms with E-state index in [-0.39, 0.29) is 11.6 Å². The minimum atomic E-state index is -4.46. The molecule has 0 spiro atoms. The molecule has 3 rings (SSSR count). The summed E-state index contributed by atoms with van der Waals surface area (Å²) in [6.07, 6.45) is 0.726. The van der Waals surface area contributed by atoms with Crippen molar-refractivity contribution >= 4 is 17.7 Å². The lowest BCUT2D eigenvalue weighted by atomic mass is 9.86. The first-order valence-corrected chi connectivity index (χ1v) is 10.4. The Labute approximate surface area is 180 Å². The molecule has 168 valence electrons. The van der Waals surface area contributed by atoms with Crippen LogP contribution in [0.1, 0.15) is 47.2 Å². The summed E-state index contributed by atoms with van der Waals surface area (Å²) < 4.78 is 38.6. The maximum atomic E-state index is 12.9. The highest BCUT2D eigenvalue weighted by molar-refractivity contribution is 5.94. The average Bonchev–Trinajstić information content (AvgIpc) is 2.73. The van der Waals surface area contributed by atoms with Crippen LogP contribution in [-0.4, -0.2) is 42.6 Å². The number of amides is 1. The molecule has 6 nitrogen and oxygen atoms in total. The molecule has 2 aromatic rings. The summed E-state index contributed by atoms with van der Waals surface area (Å²) in [6.45, 7) is 2.71. The van der Waals surface area contributed by atoms with Crippen LogP contribution in [0.3, 0.4) is 0 Å². The van der Waals surface area contributed by atoms with Crippen LogP contribution in [0.15, 0.2) is 30.5 Å². The van der Waals surface area contributed by atoms with E-state index >= 15 is 0 Å². The predicted octanol–water partition coefficient (Wildman–Crippen LogP) is 4.27. The quantitative estimate of drug-likeness (QED) is 0.709. The zero-order valence-corrected chi connectivity index (χ0v) is 18.0. The van der Waals surface area contributed by atoms with Crippen LogP contribution in [0.5, 0.6) is 0 Å². The number of nitrogens with zero attached hydrogens (tertiary/aromatic N) is 3. The van der Waals surface area contributed by atoms with Gasteiger partial charge in [-0.1, -0.05) is 6.07 Å². The number of anilines is 2. The zero-order valence-electron chi connectivity index (χ0n) is 18.0. The highest BCUT2D eigenvalue weighted by Gasteiger charge is 2.31. The van der Waals surface area contributed by atoms with E-state index in [4.69, 9.17) is 0 Å². The van der Waals surface area contributed by atoms with Crippen molar-refractivity contribution in [3.05, 3.63) is 47.2 Å². The van der Waals surface area contributed by atoms with E-state index in [1.54, 1.807) is 6.20 Å². The Balaban J connectivity index is 1.48. The summed E-state index contributed by atoms with van der Waals surface area (Å²) >= 11 is 0. The third-order valence-corrected chi connectivity index (χ3v) is 5.55. The summed E-state index contributed by atoms with van der Waals surface area (Å²) in [5.41, 5.74) is 0.227. The fourth-order valence-corrected chi connectivity index (χ4v) is 3.82. The van der Waals surface area contributed by atoms with Crippen molar-refractivity contribution in [3.63, 3.8) is 0 Å². The monoisotopic (exact) mass is 435 g/mol. The molecule has 1 aromatic carbocycles. The van der Waals surface area contributed by atoms with Crippen LogP contribution >= 0.6 is 0 Å². The fourth-order valence-electron chi connectivity index (χ4n) is 3.82. The van der Waals surface area contributed by atoms with Crippen molar-refractivity contribution < 1.29 is 18.0 Å². The Bertz CT molecular complexity index is 908. The largest absolute Gasteiger partial charge is 0.416 e. The zero-order chi connectivity index (χ0) is 22.6. The lowest BCUT2D eigenvalue weighted by Crippen LogP contribution is -2.38. The summed E-state index contributed by atoms with van der Waals surface area (Å²) in [6, 6.07) is 4.50. The van der Waals surface area contributed by atoms with Gasteiger partial charge >= 0.3 is 6.18 Å². The molecule has 0 bridgehead atoms. The molecule has 0 radical (unpaired) electrons. The van der Waals surface area contributed by atoms with Gasteiger partial charge in [-0.25, -0.2) is 4.98 Å². The van der Waals surface area contributed by atoms with Crippen molar-refractivity contribution in [3.8, 4) is 0 Å². The molecule has 0 aliphatic heterocycles. The summed E-state index contributed by atoms with van der Waals surface area (Å²) in [5.74, 6) is 1.43. The van der Waals surface area contributed by atoms with Crippen molar-refractivity contribution in [2.75, 3.05) is 30.9 Å². The molecule has 1 aliphatic carbocycles. The third-order valence-electron chi connectivity index (χ3n) is 5.55. The van der Waals surface area contributed by atoms with E-state index in [1.807, 2.05) is 25.9 Å². The van der Waals surface area contributed by atoms with Gasteiger partial charge in [0.15, 0.2) is 0 Å². The Kier molecular flexibility index (Phi) is 7.02. The van der Waals surface area contributed by atoms with Gasteiger partial charge in [0.2, 0.25) is 5.95 Å². The summed E-state index contributed by atoms with van der Waals surface area (Å²) in [7, 11) is 3.88. The maximum Gasteiger partial charge on any atom is 0.416 e. The molecular weight excluding hydrogens is 407 g/mol. The van der Waals surface area contributed by atoms with Gasteiger partial charge in [-0.3, -0.25) is 4.79 Å². The van der Waals surface area contributed by atoms with Gasteiger partial charge in [-0.15, -0.1) is 0 Å². The molecular formula is C22H28F3N5O. The molecule has 2 N–H and O–H groups in total. The predicted molar refractivity (Wildman–Crippen MR) is 114 cm³/mol. The van der Waals surface area contributed by atoms with Crippen LogP contribution in [0.2, 0.25) is 0 Å². The van der Waals surface area contributed by atoms with Crippen LogP contribution in [-0.2, 0) is 6.18 Å². The first-order valence-electron chi connectivity index (χ1n) is 10.4. The number of nitrogens with one attached hydrogen (secondary N) is 2. The van der Waals surface area contributed by atoms with Crippen molar-refractivity contribution in [2.24, 2.45) is 5.92 Å². The number of alkyl halides is 3. The molecule has 0 atom stereocenters. The second-order valence-electron chi connectivity index (χ2n) is 8.25. The smallest absolute Gasteiger partial charge is 0.362 e. The standard InChI is InChI=1S/C22H28F3N5O/c1-14-12-26-21(29-19(14)30(2)3)27-13-15-7-9-18(10-8-15)28-20(31)16-5-4-6-17(11-16)22(23,24)25/h4-6,11-12,15,18H,7-10,13H2,1-3H3,(H,28,31)(H,26,27,29). The lowest BCUT2D eigenvalue weighted by molar-refractivity contribution is -0.137. The molecule has 1 aliphatic rings. The number of hydrogen-bond donors (Lipinski definition) is 2. The van der Waals surface area contributed by atoms with Gasteiger partial charge in [-0.2, -0.15) is 18.2 Å². The molecule has 1 amide bonds. The highest BCUT2D eigenvalue weighted by atomic mass is 19.4. The number of benzene rings is 1. The molecule has 1 fully saturated rings. The Hall–Kier alpha value is -2.84. The minimum Gasteiger partial charge on any atom is -0.362 e. The number of hydrogen-bond acceptors (Lipinski definition) is 5. The number of carbonyl (C=O) groups excluding carboxylic acids is 1. The van der Waals surface area contributed by atoms with Crippen molar-refractivity contribution in [1.82, 2.24) is 15.3 Å². The van der Waals surface area contributed by atoms with Gasteiger partial charge in [0.25, 0.3) is 5.91 Å². The molecule has 0 saturated heterocycles. The Morgan fingerprint density at radius 3 is 2.55 bits per heavy atom. The first kappa shape index (κ1) is 22.8. The second-order valence-corrected chi connectivity index (χ2v) is 8.25. The van der Waals surface area contributed by atoms with E-state index < -0.39 is 17.6 Å². The van der Waals surface area contributed by atoms with Gasteiger partial charge < -0.3 is 15.5 Å². The van der Waals surface area contributed by atoms with Crippen molar-refractivity contribution in [1.29, 1.82) is 0 Å². The van der Waals surface area contributed by atoms with Crippen LogP contribution < -0.4 is 15.5 Å². The average molecular weight is 435 g/mol. The van der Waals surface area contributed by atoms with E-state index in [9.17, 15) is 18.0 Å². The van der Waals surface area contributed by atoms with Gasteiger partial charge in [0, 0.05) is 44.0 Å². The number of aromatic nitrogens is 2. The van der Waals surface area contributed by atoms with Crippen molar-refractivity contribution in [2.45, 2.75) is 44.8 Å². The molecule has 31 heavy (non-hydrogen) atoms. The van der Waals surface area contributed by atoms with Crippen LogP contribution in [0.25, 0.3) is 0 Å². The normalized spacial score (nSPS) is 19.0. The third kappa shape index (κ3) is 6.08.